The number of hydrogen-bond donors (Lipinski definition) is 2. The zero-order chi connectivity index (χ0) is 20.5. The van der Waals surface area contributed by atoms with E-state index in [1.54, 1.807) is 33.2 Å². The third kappa shape index (κ3) is 7.91. The lowest BCUT2D eigenvalue weighted by Gasteiger charge is -2.31. The van der Waals surface area contributed by atoms with Crippen molar-refractivity contribution < 1.29 is 14.3 Å². The van der Waals surface area contributed by atoms with Crippen LogP contribution in [0.5, 0.6) is 11.5 Å². The van der Waals surface area contributed by atoms with E-state index in [2.05, 4.69) is 17.6 Å². The quantitative estimate of drug-likeness (QED) is 0.330. The molecule has 2 atom stereocenters. The summed E-state index contributed by atoms with van der Waals surface area (Å²) in [5.74, 6) is 2.73. The van der Waals surface area contributed by atoms with Crippen molar-refractivity contribution in [1.82, 2.24) is 15.5 Å². The van der Waals surface area contributed by atoms with Gasteiger partial charge in [0.2, 0.25) is 5.91 Å². The molecule has 1 fully saturated rings. The number of nitrogens with one attached hydrogen (secondary N) is 2. The molecule has 0 heterocycles. The molecule has 7 nitrogen and oxygen atoms in total. The van der Waals surface area contributed by atoms with E-state index in [4.69, 9.17) is 14.5 Å². The average molecular weight is 518 g/mol. The summed E-state index contributed by atoms with van der Waals surface area (Å²) in [6.45, 7) is 2.92. The van der Waals surface area contributed by atoms with Gasteiger partial charge >= 0.3 is 0 Å². The Kier molecular flexibility index (Phi) is 11.2. The molecule has 0 aromatic heterocycles. The van der Waals surface area contributed by atoms with Crippen LogP contribution in [-0.2, 0) is 11.3 Å². The molecule has 1 amide bonds. The molecule has 1 aliphatic rings. The number of methoxy groups -OCH3 is 2. The van der Waals surface area contributed by atoms with Crippen LogP contribution in [0.4, 0.5) is 0 Å². The standard InChI is InChI=1S/C21H34N4O3.HI/c1-15-8-6-7-9-18(15)24-21(23-14-20(26)25(2)3)22-13-16-10-11-17(27-4)12-19(16)28-5;/h10-12,15,18H,6-9,13-14H2,1-5H3,(H2,22,23,24);1H. The van der Waals surface area contributed by atoms with Gasteiger partial charge in [0.05, 0.1) is 27.3 Å². The molecular weight excluding hydrogens is 483 g/mol. The van der Waals surface area contributed by atoms with Gasteiger partial charge in [-0.2, -0.15) is 0 Å². The monoisotopic (exact) mass is 518 g/mol. The Morgan fingerprint density at radius 1 is 1.21 bits per heavy atom. The van der Waals surface area contributed by atoms with Crippen molar-refractivity contribution in [2.24, 2.45) is 10.9 Å². The smallest absolute Gasteiger partial charge is 0.241 e. The van der Waals surface area contributed by atoms with Crippen molar-refractivity contribution in [1.29, 1.82) is 0 Å². The zero-order valence-electron chi connectivity index (χ0n) is 18.2. The first-order valence-corrected chi connectivity index (χ1v) is 9.90. The van der Waals surface area contributed by atoms with Crippen molar-refractivity contribution in [2.75, 3.05) is 34.9 Å². The largest absolute Gasteiger partial charge is 0.497 e. The SMILES string of the molecule is COc1ccc(CN=C(NCC(=O)N(C)C)NC2CCCCC2C)c(OC)c1.I. The van der Waals surface area contributed by atoms with Gasteiger partial charge in [0.15, 0.2) is 5.96 Å². The molecule has 0 saturated heterocycles. The number of ether oxygens (including phenoxy) is 2. The lowest BCUT2D eigenvalue weighted by atomic mass is 9.86. The molecule has 0 spiro atoms. The maximum atomic E-state index is 12.0. The fourth-order valence-electron chi connectivity index (χ4n) is 3.32. The molecule has 2 rings (SSSR count). The number of rotatable bonds is 7. The predicted molar refractivity (Wildman–Crippen MR) is 127 cm³/mol. The maximum absolute atomic E-state index is 12.0. The van der Waals surface area contributed by atoms with E-state index < -0.39 is 0 Å². The van der Waals surface area contributed by atoms with Crippen LogP contribution in [0.2, 0.25) is 0 Å². The van der Waals surface area contributed by atoms with Crippen LogP contribution in [0, 0.1) is 5.92 Å². The maximum Gasteiger partial charge on any atom is 0.241 e. The Morgan fingerprint density at radius 3 is 2.55 bits per heavy atom. The van der Waals surface area contributed by atoms with Gasteiger partial charge in [-0.05, 0) is 30.9 Å². The number of halogens is 1. The molecule has 2 N–H and O–H groups in total. The van der Waals surface area contributed by atoms with Gasteiger partial charge in [-0.15, -0.1) is 24.0 Å². The Morgan fingerprint density at radius 2 is 1.93 bits per heavy atom. The van der Waals surface area contributed by atoms with Gasteiger partial charge in [0, 0.05) is 31.8 Å². The first-order chi connectivity index (χ1) is 13.4. The summed E-state index contributed by atoms with van der Waals surface area (Å²) in [4.78, 5) is 18.3. The summed E-state index contributed by atoms with van der Waals surface area (Å²) < 4.78 is 10.7. The number of hydrogen-bond acceptors (Lipinski definition) is 4. The summed E-state index contributed by atoms with van der Waals surface area (Å²) in [6.07, 6.45) is 4.84. The summed E-state index contributed by atoms with van der Waals surface area (Å²) >= 11 is 0. The molecular formula is C21H35IN4O3. The van der Waals surface area contributed by atoms with Gasteiger partial charge in [-0.3, -0.25) is 4.79 Å². The molecule has 1 saturated carbocycles. The van der Waals surface area contributed by atoms with Gasteiger partial charge < -0.3 is 25.0 Å². The number of nitrogens with zero attached hydrogens (tertiary/aromatic N) is 2. The number of carbonyl (C=O) groups is 1. The molecule has 29 heavy (non-hydrogen) atoms. The fourth-order valence-corrected chi connectivity index (χ4v) is 3.32. The Labute approximate surface area is 191 Å². The molecule has 0 bridgehead atoms. The van der Waals surface area contributed by atoms with E-state index in [-0.39, 0.29) is 36.4 Å². The molecule has 1 aromatic rings. The molecule has 1 aromatic carbocycles. The minimum atomic E-state index is 0. The molecule has 2 unspecified atom stereocenters. The van der Waals surface area contributed by atoms with Crippen LogP contribution in [0.3, 0.4) is 0 Å². The van der Waals surface area contributed by atoms with E-state index in [9.17, 15) is 4.79 Å². The van der Waals surface area contributed by atoms with Crippen molar-refractivity contribution in [3.8, 4) is 11.5 Å². The second-order valence-electron chi connectivity index (χ2n) is 7.50. The summed E-state index contributed by atoms with van der Waals surface area (Å²) in [5, 5.41) is 6.71. The minimum Gasteiger partial charge on any atom is -0.497 e. The normalized spacial score (nSPS) is 19.0. The highest BCUT2D eigenvalue weighted by Gasteiger charge is 2.22. The lowest BCUT2D eigenvalue weighted by molar-refractivity contribution is -0.127. The zero-order valence-corrected chi connectivity index (χ0v) is 20.5. The van der Waals surface area contributed by atoms with E-state index in [0.29, 0.717) is 24.5 Å². The third-order valence-electron chi connectivity index (χ3n) is 5.24. The van der Waals surface area contributed by atoms with Crippen LogP contribution >= 0.6 is 24.0 Å². The topological polar surface area (TPSA) is 75.2 Å². The average Bonchev–Trinajstić information content (AvgIpc) is 2.70. The third-order valence-corrected chi connectivity index (χ3v) is 5.24. The summed E-state index contributed by atoms with van der Waals surface area (Å²) in [5.41, 5.74) is 0.958. The van der Waals surface area contributed by atoms with Crippen molar-refractivity contribution in [3.05, 3.63) is 23.8 Å². The van der Waals surface area contributed by atoms with Gasteiger partial charge in [-0.25, -0.2) is 4.99 Å². The Balaban J connectivity index is 0.00000420. The highest BCUT2D eigenvalue weighted by atomic mass is 127. The second-order valence-corrected chi connectivity index (χ2v) is 7.50. The van der Waals surface area contributed by atoms with E-state index in [1.807, 2.05) is 18.2 Å². The second kappa shape index (κ2) is 12.8. The van der Waals surface area contributed by atoms with Gasteiger partial charge in [0.25, 0.3) is 0 Å². The number of amides is 1. The van der Waals surface area contributed by atoms with Crippen LogP contribution in [0.15, 0.2) is 23.2 Å². The Hall–Kier alpha value is -1.71. The Bertz CT molecular complexity index is 682. The first-order valence-electron chi connectivity index (χ1n) is 9.90. The van der Waals surface area contributed by atoms with Crippen LogP contribution < -0.4 is 20.1 Å². The number of carbonyl (C=O) groups excluding carboxylic acids is 1. The lowest BCUT2D eigenvalue weighted by Crippen LogP contribution is -2.49. The van der Waals surface area contributed by atoms with Crippen LogP contribution in [0.25, 0.3) is 0 Å². The summed E-state index contributed by atoms with van der Waals surface area (Å²) in [7, 11) is 6.77. The number of likely N-dealkylation sites (N-methyl/N-ethyl adjacent to an activating group) is 1. The predicted octanol–water partition coefficient (Wildman–Crippen LogP) is 3.02. The molecule has 0 aliphatic heterocycles. The molecule has 1 aliphatic carbocycles. The first kappa shape index (κ1) is 25.3. The minimum absolute atomic E-state index is 0. The number of aliphatic imine (C=N–C) groups is 1. The molecule has 0 radical (unpaired) electrons. The number of benzene rings is 1. The van der Waals surface area contributed by atoms with Crippen molar-refractivity contribution in [2.45, 2.75) is 45.2 Å². The van der Waals surface area contributed by atoms with Gasteiger partial charge in [-0.1, -0.05) is 19.8 Å². The fraction of sp³-hybridized carbons (Fsp3) is 0.619. The van der Waals surface area contributed by atoms with Crippen LogP contribution in [0.1, 0.15) is 38.2 Å². The highest BCUT2D eigenvalue weighted by Crippen LogP contribution is 2.26. The van der Waals surface area contributed by atoms with E-state index >= 15 is 0 Å². The number of guanidine groups is 1. The highest BCUT2D eigenvalue weighted by molar-refractivity contribution is 14.0. The van der Waals surface area contributed by atoms with E-state index in [1.165, 1.54) is 19.3 Å². The van der Waals surface area contributed by atoms with Crippen molar-refractivity contribution in [3.63, 3.8) is 0 Å². The van der Waals surface area contributed by atoms with Crippen LogP contribution in [-0.4, -0.2) is 57.7 Å². The van der Waals surface area contributed by atoms with Crippen molar-refractivity contribution >= 4 is 35.8 Å². The van der Waals surface area contributed by atoms with E-state index in [0.717, 1.165) is 23.5 Å². The van der Waals surface area contributed by atoms with Gasteiger partial charge in [0.1, 0.15) is 11.5 Å². The summed E-state index contributed by atoms with van der Waals surface area (Å²) in [6, 6.07) is 6.07. The molecule has 164 valence electrons. The molecule has 8 heteroatoms.